The monoisotopic (exact) mass is 341 g/mol. The largest absolute Gasteiger partial charge is 0.379 e. The molecular formula is C18H23N5O2. The maximum atomic E-state index is 12.4. The molecule has 3 heterocycles. The molecule has 1 fully saturated rings. The number of carbonyl (C=O) groups is 1. The summed E-state index contributed by atoms with van der Waals surface area (Å²) in [6.07, 6.45) is 5.68. The van der Waals surface area contributed by atoms with Gasteiger partial charge in [0.25, 0.3) is 5.91 Å². The minimum absolute atomic E-state index is 0.0184. The number of morpholine rings is 1. The molecule has 0 radical (unpaired) electrons. The Morgan fingerprint density at radius 2 is 2.00 bits per heavy atom. The number of hydrogen-bond acceptors (Lipinski definition) is 6. The highest BCUT2D eigenvalue weighted by Crippen LogP contribution is 2.19. The van der Waals surface area contributed by atoms with Gasteiger partial charge in [-0.2, -0.15) is 0 Å². The lowest BCUT2D eigenvalue weighted by atomic mass is 10.1. The average Bonchev–Trinajstić information content (AvgIpc) is 2.70. The first-order valence-corrected chi connectivity index (χ1v) is 8.59. The lowest BCUT2D eigenvalue weighted by Crippen LogP contribution is -2.44. The predicted octanol–water partition coefficient (Wildman–Crippen LogP) is 1.24. The molecule has 7 nitrogen and oxygen atoms in total. The van der Waals surface area contributed by atoms with Gasteiger partial charge in [0, 0.05) is 44.6 Å². The molecule has 2 aromatic heterocycles. The van der Waals surface area contributed by atoms with Gasteiger partial charge in [-0.3, -0.25) is 14.7 Å². The second-order valence-corrected chi connectivity index (χ2v) is 5.87. The zero-order valence-corrected chi connectivity index (χ0v) is 14.4. The molecule has 0 saturated carbocycles. The van der Waals surface area contributed by atoms with Crippen molar-refractivity contribution >= 4 is 5.91 Å². The number of aryl methyl sites for hydroxylation is 1. The summed E-state index contributed by atoms with van der Waals surface area (Å²) >= 11 is 0. The van der Waals surface area contributed by atoms with E-state index in [0.717, 1.165) is 31.0 Å². The summed E-state index contributed by atoms with van der Waals surface area (Å²) in [4.78, 5) is 27.5. The van der Waals surface area contributed by atoms with E-state index in [0.29, 0.717) is 25.3 Å². The van der Waals surface area contributed by atoms with E-state index in [4.69, 9.17) is 4.74 Å². The van der Waals surface area contributed by atoms with E-state index in [-0.39, 0.29) is 11.9 Å². The van der Waals surface area contributed by atoms with Gasteiger partial charge in [0.2, 0.25) is 0 Å². The molecule has 25 heavy (non-hydrogen) atoms. The molecule has 0 aromatic carbocycles. The average molecular weight is 341 g/mol. The van der Waals surface area contributed by atoms with Crippen LogP contribution in [0.5, 0.6) is 0 Å². The van der Waals surface area contributed by atoms with E-state index in [2.05, 4.69) is 25.2 Å². The van der Waals surface area contributed by atoms with Gasteiger partial charge in [-0.25, -0.2) is 9.97 Å². The lowest BCUT2D eigenvalue weighted by molar-refractivity contribution is 0.0154. The van der Waals surface area contributed by atoms with Gasteiger partial charge in [-0.15, -0.1) is 0 Å². The Hall–Kier alpha value is -2.38. The van der Waals surface area contributed by atoms with Crippen molar-refractivity contribution in [1.29, 1.82) is 0 Å². The first-order chi connectivity index (χ1) is 12.3. The number of ether oxygens (including phenoxy) is 1. The third-order valence-electron chi connectivity index (χ3n) is 4.26. The van der Waals surface area contributed by atoms with Gasteiger partial charge in [-0.05, 0) is 12.1 Å². The Bertz CT molecular complexity index is 672. The van der Waals surface area contributed by atoms with Crippen molar-refractivity contribution in [2.24, 2.45) is 0 Å². The molecule has 1 aliphatic rings. The van der Waals surface area contributed by atoms with Crippen LogP contribution in [0.4, 0.5) is 0 Å². The molecule has 7 heteroatoms. The summed E-state index contributed by atoms with van der Waals surface area (Å²) in [7, 11) is 0. The van der Waals surface area contributed by atoms with Crippen LogP contribution >= 0.6 is 0 Å². The van der Waals surface area contributed by atoms with Crippen LogP contribution in [0.25, 0.3) is 0 Å². The van der Waals surface area contributed by atoms with Gasteiger partial charge in [-0.1, -0.05) is 13.0 Å². The highest BCUT2D eigenvalue weighted by molar-refractivity contribution is 5.93. The molecular weight excluding hydrogens is 318 g/mol. The van der Waals surface area contributed by atoms with Crippen LogP contribution in [-0.2, 0) is 11.2 Å². The molecule has 0 bridgehead atoms. The van der Waals surface area contributed by atoms with E-state index in [1.54, 1.807) is 18.6 Å². The van der Waals surface area contributed by atoms with Gasteiger partial charge in [0.05, 0.1) is 30.5 Å². The molecule has 132 valence electrons. The molecule has 1 atom stereocenters. The summed E-state index contributed by atoms with van der Waals surface area (Å²) in [5.41, 5.74) is 1.42. The molecule has 1 saturated heterocycles. The smallest absolute Gasteiger partial charge is 0.254 e. The van der Waals surface area contributed by atoms with Crippen LogP contribution in [0.2, 0.25) is 0 Å². The number of nitrogens with zero attached hydrogens (tertiary/aromatic N) is 4. The summed E-state index contributed by atoms with van der Waals surface area (Å²) in [5.74, 6) is 0.563. The van der Waals surface area contributed by atoms with Crippen molar-refractivity contribution in [2.45, 2.75) is 19.4 Å². The first-order valence-electron chi connectivity index (χ1n) is 8.59. The van der Waals surface area contributed by atoms with Crippen molar-refractivity contribution in [2.75, 3.05) is 32.8 Å². The lowest BCUT2D eigenvalue weighted by Gasteiger charge is -2.34. The van der Waals surface area contributed by atoms with Crippen molar-refractivity contribution in [3.63, 3.8) is 0 Å². The SMILES string of the molecule is CCc1ncc(C(=O)NCC(c2ccccn2)N2CCOCC2)cn1. The van der Waals surface area contributed by atoms with Crippen molar-refractivity contribution in [3.05, 3.63) is 53.9 Å². The zero-order chi connectivity index (χ0) is 17.5. The van der Waals surface area contributed by atoms with Crippen LogP contribution in [-0.4, -0.2) is 58.6 Å². The van der Waals surface area contributed by atoms with Gasteiger partial charge in [0.15, 0.2) is 0 Å². The number of pyridine rings is 1. The van der Waals surface area contributed by atoms with E-state index >= 15 is 0 Å². The fourth-order valence-electron chi connectivity index (χ4n) is 2.83. The van der Waals surface area contributed by atoms with Gasteiger partial charge in [0.1, 0.15) is 5.82 Å². The maximum Gasteiger partial charge on any atom is 0.254 e. The number of amides is 1. The van der Waals surface area contributed by atoms with Crippen molar-refractivity contribution in [1.82, 2.24) is 25.2 Å². The number of aromatic nitrogens is 3. The second kappa shape index (κ2) is 8.64. The summed E-state index contributed by atoms with van der Waals surface area (Å²) in [6, 6.07) is 5.87. The topological polar surface area (TPSA) is 80.2 Å². The van der Waals surface area contributed by atoms with Crippen LogP contribution < -0.4 is 5.32 Å². The number of hydrogen-bond donors (Lipinski definition) is 1. The molecule has 0 aliphatic carbocycles. The Morgan fingerprint density at radius 1 is 1.24 bits per heavy atom. The number of rotatable bonds is 6. The van der Waals surface area contributed by atoms with Gasteiger partial charge < -0.3 is 10.1 Å². The number of carbonyl (C=O) groups excluding carboxylic acids is 1. The van der Waals surface area contributed by atoms with E-state index in [1.165, 1.54) is 0 Å². The third kappa shape index (κ3) is 4.58. The standard InChI is InChI=1S/C18H23N5O2/c1-2-17-20-11-14(12-21-17)18(24)22-13-16(15-5-3-4-6-19-15)23-7-9-25-10-8-23/h3-6,11-12,16H,2,7-10,13H2,1H3,(H,22,24). The maximum absolute atomic E-state index is 12.4. The fraction of sp³-hybridized carbons (Fsp3) is 0.444. The van der Waals surface area contributed by atoms with Crippen molar-refractivity contribution < 1.29 is 9.53 Å². The molecule has 3 rings (SSSR count). The minimum Gasteiger partial charge on any atom is -0.379 e. The minimum atomic E-state index is -0.170. The summed E-state index contributed by atoms with van der Waals surface area (Å²) < 4.78 is 5.44. The molecule has 1 aliphatic heterocycles. The van der Waals surface area contributed by atoms with Crippen LogP contribution in [0.1, 0.15) is 34.8 Å². The normalized spacial score (nSPS) is 16.4. The molecule has 1 N–H and O–H groups in total. The van der Waals surface area contributed by atoms with Crippen LogP contribution in [0.15, 0.2) is 36.8 Å². The molecule has 1 amide bonds. The Balaban J connectivity index is 1.68. The van der Waals surface area contributed by atoms with E-state index in [9.17, 15) is 4.79 Å². The van der Waals surface area contributed by atoms with E-state index < -0.39 is 0 Å². The fourth-order valence-corrected chi connectivity index (χ4v) is 2.83. The Morgan fingerprint density at radius 3 is 2.64 bits per heavy atom. The summed E-state index contributed by atoms with van der Waals surface area (Å²) in [5, 5.41) is 2.99. The second-order valence-electron chi connectivity index (χ2n) is 5.87. The van der Waals surface area contributed by atoms with Crippen LogP contribution in [0, 0.1) is 0 Å². The summed E-state index contributed by atoms with van der Waals surface area (Å²) in [6.45, 7) is 5.50. The highest BCUT2D eigenvalue weighted by atomic mass is 16.5. The van der Waals surface area contributed by atoms with Crippen molar-refractivity contribution in [3.8, 4) is 0 Å². The quantitative estimate of drug-likeness (QED) is 0.851. The predicted molar refractivity (Wildman–Crippen MR) is 93.1 cm³/mol. The number of nitrogens with one attached hydrogen (secondary N) is 1. The first kappa shape index (κ1) is 17.4. The third-order valence-corrected chi connectivity index (χ3v) is 4.26. The molecule has 0 spiro atoms. The molecule has 2 aromatic rings. The van der Waals surface area contributed by atoms with Gasteiger partial charge >= 0.3 is 0 Å². The van der Waals surface area contributed by atoms with Crippen LogP contribution in [0.3, 0.4) is 0 Å². The zero-order valence-electron chi connectivity index (χ0n) is 14.4. The molecule has 1 unspecified atom stereocenters. The Labute approximate surface area is 147 Å². The highest BCUT2D eigenvalue weighted by Gasteiger charge is 2.24. The van der Waals surface area contributed by atoms with E-state index in [1.807, 2.05) is 25.1 Å². The Kier molecular flexibility index (Phi) is 6.03.